The lowest BCUT2D eigenvalue weighted by Crippen LogP contribution is -2.14. The van der Waals surface area contributed by atoms with Crippen molar-refractivity contribution in [3.8, 4) is 0 Å². The molecule has 0 saturated carbocycles. The molecule has 1 amide bonds. The number of amides is 1. The number of hydrogen-bond donors (Lipinski definition) is 1. The molecule has 0 bridgehead atoms. The molecule has 21 heavy (non-hydrogen) atoms. The number of nitrogens with one attached hydrogen (secondary N) is 1. The van der Waals surface area contributed by atoms with Crippen LogP contribution in [0.5, 0.6) is 0 Å². The van der Waals surface area contributed by atoms with Crippen LogP contribution in [0.3, 0.4) is 0 Å². The third-order valence-corrected chi connectivity index (χ3v) is 3.22. The number of anilines is 1. The van der Waals surface area contributed by atoms with Gasteiger partial charge in [0.25, 0.3) is 0 Å². The molecule has 0 atom stereocenters. The van der Waals surface area contributed by atoms with E-state index in [1.54, 1.807) is 18.5 Å². The Morgan fingerprint density at radius 3 is 2.90 bits per heavy atom. The number of carbonyl (C=O) groups is 1. The SMILES string of the molecule is O=C(CCn1cnc2ccccc21)Nc1cccc(F)c1. The summed E-state index contributed by atoms with van der Waals surface area (Å²) >= 11 is 0. The average molecular weight is 283 g/mol. The highest BCUT2D eigenvalue weighted by atomic mass is 19.1. The molecule has 0 aliphatic heterocycles. The van der Waals surface area contributed by atoms with Crippen molar-refractivity contribution in [2.24, 2.45) is 0 Å². The summed E-state index contributed by atoms with van der Waals surface area (Å²) in [6, 6.07) is 13.6. The van der Waals surface area contributed by atoms with Gasteiger partial charge in [0.2, 0.25) is 5.91 Å². The van der Waals surface area contributed by atoms with Crippen LogP contribution in [0.1, 0.15) is 6.42 Å². The molecule has 0 unspecified atom stereocenters. The van der Waals surface area contributed by atoms with Crippen LogP contribution in [-0.4, -0.2) is 15.5 Å². The van der Waals surface area contributed by atoms with E-state index < -0.39 is 0 Å². The molecule has 0 saturated heterocycles. The standard InChI is InChI=1S/C16H14FN3O/c17-12-4-3-5-13(10-12)19-16(21)8-9-20-11-18-14-6-1-2-7-15(14)20/h1-7,10-11H,8-9H2,(H,19,21). The van der Waals surface area contributed by atoms with Crippen molar-refractivity contribution >= 4 is 22.6 Å². The van der Waals surface area contributed by atoms with Gasteiger partial charge in [-0.15, -0.1) is 0 Å². The zero-order valence-corrected chi connectivity index (χ0v) is 11.3. The van der Waals surface area contributed by atoms with Gasteiger partial charge in [-0.3, -0.25) is 4.79 Å². The van der Waals surface area contributed by atoms with Crippen LogP contribution in [0.2, 0.25) is 0 Å². The van der Waals surface area contributed by atoms with Gasteiger partial charge in [-0.1, -0.05) is 18.2 Å². The minimum absolute atomic E-state index is 0.154. The molecule has 1 aromatic heterocycles. The Balaban J connectivity index is 1.63. The predicted octanol–water partition coefficient (Wildman–Crippen LogP) is 3.20. The van der Waals surface area contributed by atoms with Crippen molar-refractivity contribution in [3.63, 3.8) is 0 Å². The van der Waals surface area contributed by atoms with Crippen LogP contribution in [0.15, 0.2) is 54.9 Å². The fourth-order valence-corrected chi connectivity index (χ4v) is 2.20. The minimum atomic E-state index is -0.367. The molecule has 3 rings (SSSR count). The second-order valence-corrected chi connectivity index (χ2v) is 4.74. The summed E-state index contributed by atoms with van der Waals surface area (Å²) in [6.07, 6.45) is 2.02. The molecule has 106 valence electrons. The van der Waals surface area contributed by atoms with Crippen LogP contribution in [0.25, 0.3) is 11.0 Å². The number of aryl methyl sites for hydroxylation is 1. The Morgan fingerprint density at radius 1 is 1.19 bits per heavy atom. The second kappa shape index (κ2) is 5.75. The largest absolute Gasteiger partial charge is 0.330 e. The van der Waals surface area contributed by atoms with E-state index in [0.717, 1.165) is 11.0 Å². The van der Waals surface area contributed by atoms with E-state index in [0.29, 0.717) is 18.7 Å². The van der Waals surface area contributed by atoms with Gasteiger partial charge in [0.15, 0.2) is 0 Å². The van der Waals surface area contributed by atoms with Crippen molar-refractivity contribution in [2.45, 2.75) is 13.0 Å². The van der Waals surface area contributed by atoms with Crippen LogP contribution in [0, 0.1) is 5.82 Å². The summed E-state index contributed by atoms with van der Waals surface area (Å²) in [5.41, 5.74) is 2.37. The van der Waals surface area contributed by atoms with Gasteiger partial charge in [-0.25, -0.2) is 9.37 Å². The lowest BCUT2D eigenvalue weighted by Gasteiger charge is -2.06. The zero-order chi connectivity index (χ0) is 14.7. The Bertz CT molecular complexity index is 782. The number of fused-ring (bicyclic) bond motifs is 1. The number of nitrogens with zero attached hydrogens (tertiary/aromatic N) is 2. The number of aromatic nitrogens is 2. The van der Waals surface area contributed by atoms with E-state index in [1.807, 2.05) is 28.8 Å². The highest BCUT2D eigenvalue weighted by molar-refractivity contribution is 5.90. The van der Waals surface area contributed by atoms with Gasteiger partial charge in [0.05, 0.1) is 17.4 Å². The predicted molar refractivity (Wildman–Crippen MR) is 79.4 cm³/mol. The first kappa shape index (κ1) is 13.3. The Labute approximate surface area is 121 Å². The van der Waals surface area contributed by atoms with E-state index in [4.69, 9.17) is 0 Å². The maximum atomic E-state index is 13.0. The summed E-state index contributed by atoms with van der Waals surface area (Å²) in [6.45, 7) is 0.529. The fraction of sp³-hybridized carbons (Fsp3) is 0.125. The van der Waals surface area contributed by atoms with Gasteiger partial charge in [0.1, 0.15) is 5.82 Å². The molecule has 0 spiro atoms. The molecular weight excluding hydrogens is 269 g/mol. The lowest BCUT2D eigenvalue weighted by atomic mass is 10.3. The number of imidazole rings is 1. The monoisotopic (exact) mass is 283 g/mol. The van der Waals surface area contributed by atoms with Crippen molar-refractivity contribution in [1.82, 2.24) is 9.55 Å². The molecule has 4 nitrogen and oxygen atoms in total. The van der Waals surface area contributed by atoms with Crippen LogP contribution in [-0.2, 0) is 11.3 Å². The number of hydrogen-bond acceptors (Lipinski definition) is 2. The molecule has 1 heterocycles. The Morgan fingerprint density at radius 2 is 2.05 bits per heavy atom. The molecule has 0 fully saturated rings. The maximum absolute atomic E-state index is 13.0. The third kappa shape index (κ3) is 3.08. The summed E-state index contributed by atoms with van der Waals surface area (Å²) in [5, 5.41) is 2.68. The van der Waals surface area contributed by atoms with Gasteiger partial charge in [0, 0.05) is 18.7 Å². The van der Waals surface area contributed by atoms with E-state index in [-0.39, 0.29) is 11.7 Å². The molecule has 0 aliphatic rings. The summed E-state index contributed by atoms with van der Waals surface area (Å²) in [4.78, 5) is 16.2. The quantitative estimate of drug-likeness (QED) is 0.799. The topological polar surface area (TPSA) is 46.9 Å². The van der Waals surface area contributed by atoms with E-state index in [2.05, 4.69) is 10.3 Å². The number of carbonyl (C=O) groups excluding carboxylic acids is 1. The highest BCUT2D eigenvalue weighted by Gasteiger charge is 2.06. The Hall–Kier alpha value is -2.69. The van der Waals surface area contributed by atoms with Gasteiger partial charge in [-0.2, -0.15) is 0 Å². The van der Waals surface area contributed by atoms with E-state index in [1.165, 1.54) is 12.1 Å². The number of benzene rings is 2. The van der Waals surface area contributed by atoms with E-state index >= 15 is 0 Å². The average Bonchev–Trinajstić information content (AvgIpc) is 2.88. The molecule has 3 aromatic rings. The van der Waals surface area contributed by atoms with Gasteiger partial charge < -0.3 is 9.88 Å². The van der Waals surface area contributed by atoms with Crippen LogP contribution in [0.4, 0.5) is 10.1 Å². The van der Waals surface area contributed by atoms with Crippen LogP contribution < -0.4 is 5.32 Å². The van der Waals surface area contributed by atoms with Crippen molar-refractivity contribution < 1.29 is 9.18 Å². The summed E-state index contributed by atoms with van der Waals surface area (Å²) in [7, 11) is 0. The number of rotatable bonds is 4. The van der Waals surface area contributed by atoms with E-state index in [9.17, 15) is 9.18 Å². The molecule has 0 radical (unpaired) electrons. The second-order valence-electron chi connectivity index (χ2n) is 4.74. The first-order chi connectivity index (χ1) is 10.2. The fourth-order valence-electron chi connectivity index (χ4n) is 2.20. The Kier molecular flexibility index (Phi) is 3.64. The zero-order valence-electron chi connectivity index (χ0n) is 11.3. The molecular formula is C16H14FN3O. The molecule has 1 N–H and O–H groups in total. The lowest BCUT2D eigenvalue weighted by molar-refractivity contribution is -0.116. The summed E-state index contributed by atoms with van der Waals surface area (Å²) < 4.78 is 15.0. The van der Waals surface area contributed by atoms with Gasteiger partial charge in [-0.05, 0) is 30.3 Å². The molecule has 0 aliphatic carbocycles. The van der Waals surface area contributed by atoms with Crippen molar-refractivity contribution in [3.05, 3.63) is 60.7 Å². The first-order valence-electron chi connectivity index (χ1n) is 6.68. The third-order valence-electron chi connectivity index (χ3n) is 3.22. The molecule has 5 heteroatoms. The number of halogens is 1. The smallest absolute Gasteiger partial charge is 0.226 e. The number of para-hydroxylation sites is 2. The van der Waals surface area contributed by atoms with Gasteiger partial charge >= 0.3 is 0 Å². The van der Waals surface area contributed by atoms with Crippen molar-refractivity contribution in [1.29, 1.82) is 0 Å². The maximum Gasteiger partial charge on any atom is 0.226 e. The summed E-state index contributed by atoms with van der Waals surface area (Å²) in [5.74, 6) is -0.521. The first-order valence-corrected chi connectivity index (χ1v) is 6.68. The van der Waals surface area contributed by atoms with Crippen molar-refractivity contribution in [2.75, 3.05) is 5.32 Å². The highest BCUT2D eigenvalue weighted by Crippen LogP contribution is 2.13. The van der Waals surface area contributed by atoms with Crippen LogP contribution >= 0.6 is 0 Å². The normalized spacial score (nSPS) is 10.7. The molecule has 2 aromatic carbocycles. The minimum Gasteiger partial charge on any atom is -0.330 e.